The molecule has 2 N–H and O–H groups in total. The molecule has 0 amide bonds. The van der Waals surface area contributed by atoms with Crippen molar-refractivity contribution in [1.29, 1.82) is 0 Å². The van der Waals surface area contributed by atoms with Crippen LogP contribution in [0.3, 0.4) is 0 Å². The molecule has 0 spiro atoms. The van der Waals surface area contributed by atoms with Gasteiger partial charge in [-0.05, 0) is 54.2 Å². The molecule has 3 rings (SSSR count). The van der Waals surface area contributed by atoms with E-state index in [9.17, 15) is 5.11 Å². The van der Waals surface area contributed by atoms with Crippen molar-refractivity contribution in [3.05, 3.63) is 70.9 Å². The maximum Gasteiger partial charge on any atom is 0.110 e. The average molecular weight is 392 g/mol. The molecule has 0 radical (unpaired) electrons. The molecule has 29 heavy (non-hydrogen) atoms. The first-order valence-electron chi connectivity index (χ1n) is 10.7. The lowest BCUT2D eigenvalue weighted by molar-refractivity contribution is -0.0651. The summed E-state index contributed by atoms with van der Waals surface area (Å²) in [6.45, 7) is 9.29. The Morgan fingerprint density at radius 3 is 2.45 bits per heavy atom. The maximum absolute atomic E-state index is 9.67. The van der Waals surface area contributed by atoms with Crippen molar-refractivity contribution in [3.8, 4) is 0 Å². The van der Waals surface area contributed by atoms with Crippen LogP contribution >= 0.6 is 0 Å². The molecule has 3 nitrogen and oxygen atoms in total. The number of aromatic amines is 1. The van der Waals surface area contributed by atoms with Crippen LogP contribution in [0.15, 0.2) is 48.5 Å². The number of aliphatic hydroxyl groups excluding tert-OH is 1. The van der Waals surface area contributed by atoms with E-state index in [-0.39, 0.29) is 6.61 Å². The van der Waals surface area contributed by atoms with Crippen LogP contribution in [-0.4, -0.2) is 23.3 Å². The average Bonchev–Trinajstić information content (AvgIpc) is 3.17. The summed E-state index contributed by atoms with van der Waals surface area (Å²) in [5.74, 6) is 0.446. The first-order valence-corrected chi connectivity index (χ1v) is 10.7. The van der Waals surface area contributed by atoms with E-state index in [4.69, 9.17) is 4.74 Å². The molecular formula is C26H33NO2. The monoisotopic (exact) mass is 391 g/mol. The molecule has 1 atom stereocenters. The Morgan fingerprint density at radius 1 is 1.07 bits per heavy atom. The van der Waals surface area contributed by atoms with Crippen LogP contribution in [0.4, 0.5) is 0 Å². The molecule has 3 heteroatoms. The zero-order valence-corrected chi connectivity index (χ0v) is 18.0. The van der Waals surface area contributed by atoms with Gasteiger partial charge in [0.1, 0.15) is 5.60 Å². The van der Waals surface area contributed by atoms with Gasteiger partial charge in [-0.3, -0.25) is 0 Å². The molecular weight excluding hydrogens is 358 g/mol. The highest BCUT2D eigenvalue weighted by molar-refractivity contribution is 5.92. The highest BCUT2D eigenvalue weighted by Gasteiger charge is 2.32. The van der Waals surface area contributed by atoms with Gasteiger partial charge < -0.3 is 14.8 Å². The van der Waals surface area contributed by atoms with Gasteiger partial charge in [-0.1, -0.05) is 63.3 Å². The number of benzene rings is 2. The smallest absolute Gasteiger partial charge is 0.110 e. The number of H-pyrrole nitrogens is 1. The van der Waals surface area contributed by atoms with E-state index in [1.165, 1.54) is 22.1 Å². The minimum absolute atomic E-state index is 0.0984. The van der Waals surface area contributed by atoms with Gasteiger partial charge in [-0.2, -0.15) is 0 Å². The topological polar surface area (TPSA) is 45.2 Å². The van der Waals surface area contributed by atoms with Crippen molar-refractivity contribution in [2.75, 3.05) is 13.2 Å². The van der Waals surface area contributed by atoms with Gasteiger partial charge in [0.25, 0.3) is 0 Å². The lowest BCUT2D eigenvalue weighted by Crippen LogP contribution is -2.30. The predicted molar refractivity (Wildman–Crippen MR) is 123 cm³/mol. The van der Waals surface area contributed by atoms with E-state index < -0.39 is 5.60 Å². The molecule has 3 aromatic rings. The summed E-state index contributed by atoms with van der Waals surface area (Å²) in [6, 6.07) is 17.1. The summed E-state index contributed by atoms with van der Waals surface area (Å²) in [7, 11) is 0. The zero-order chi connectivity index (χ0) is 20.9. The van der Waals surface area contributed by atoms with Crippen LogP contribution in [0.5, 0.6) is 0 Å². The predicted octanol–water partition coefficient (Wildman–Crippen LogP) is 6.49. The van der Waals surface area contributed by atoms with Gasteiger partial charge in [0.05, 0.1) is 5.52 Å². The number of aliphatic hydroxyl groups is 1. The van der Waals surface area contributed by atoms with Crippen molar-refractivity contribution in [2.45, 2.75) is 52.1 Å². The molecule has 0 saturated heterocycles. The van der Waals surface area contributed by atoms with Crippen LogP contribution in [0.25, 0.3) is 23.1 Å². The lowest BCUT2D eigenvalue weighted by atomic mass is 9.92. The SMILES string of the molecule is CCOC(CC)(CCO)c1cc2cc(C(C)C)cc(/C=C/c3ccccc3)c2[nH]1. The Hall–Kier alpha value is -2.36. The van der Waals surface area contributed by atoms with Crippen LogP contribution < -0.4 is 0 Å². The molecule has 0 aliphatic carbocycles. The van der Waals surface area contributed by atoms with Crippen molar-refractivity contribution < 1.29 is 9.84 Å². The molecule has 2 aromatic carbocycles. The Balaban J connectivity index is 2.14. The first-order chi connectivity index (χ1) is 14.0. The minimum atomic E-state index is -0.485. The first kappa shape index (κ1) is 21.4. The Morgan fingerprint density at radius 2 is 1.83 bits per heavy atom. The standard InChI is InChI=1S/C26H33NO2/c1-5-26(14-15-28,29-6-2)24-18-23-17-22(19(3)4)16-21(25(23)27-24)13-12-20-10-8-7-9-11-20/h7-13,16-19,27-28H,5-6,14-15H2,1-4H3/b13-12+. The van der Waals surface area contributed by atoms with E-state index >= 15 is 0 Å². The molecule has 0 saturated carbocycles. The number of hydrogen-bond acceptors (Lipinski definition) is 2. The fourth-order valence-corrected chi connectivity index (χ4v) is 3.97. The third-order valence-electron chi connectivity index (χ3n) is 5.70. The summed E-state index contributed by atoms with van der Waals surface area (Å²) in [6.07, 6.45) is 5.73. The van der Waals surface area contributed by atoms with E-state index in [0.29, 0.717) is 18.9 Å². The van der Waals surface area contributed by atoms with Gasteiger partial charge >= 0.3 is 0 Å². The van der Waals surface area contributed by atoms with Gasteiger partial charge in [-0.15, -0.1) is 0 Å². The summed E-state index contributed by atoms with van der Waals surface area (Å²) >= 11 is 0. The van der Waals surface area contributed by atoms with Crippen LogP contribution in [0, 0.1) is 0 Å². The van der Waals surface area contributed by atoms with E-state index in [2.05, 4.69) is 80.4 Å². The highest BCUT2D eigenvalue weighted by atomic mass is 16.5. The molecule has 154 valence electrons. The van der Waals surface area contributed by atoms with Crippen molar-refractivity contribution >= 4 is 23.1 Å². The Labute approximate surface area is 174 Å². The zero-order valence-electron chi connectivity index (χ0n) is 18.0. The molecule has 0 bridgehead atoms. The number of fused-ring (bicyclic) bond motifs is 1. The summed E-state index contributed by atoms with van der Waals surface area (Å²) in [5, 5.41) is 10.9. The quantitative estimate of drug-likeness (QED) is 0.410. The molecule has 0 aliphatic heterocycles. The second kappa shape index (κ2) is 9.43. The lowest BCUT2D eigenvalue weighted by Gasteiger charge is -2.31. The summed E-state index contributed by atoms with van der Waals surface area (Å²) in [5.41, 5.74) is 5.34. The largest absolute Gasteiger partial charge is 0.396 e. The van der Waals surface area contributed by atoms with E-state index in [1.807, 2.05) is 13.0 Å². The fourth-order valence-electron chi connectivity index (χ4n) is 3.97. The molecule has 1 aromatic heterocycles. The van der Waals surface area contributed by atoms with Crippen LogP contribution in [0.2, 0.25) is 0 Å². The molecule has 1 heterocycles. The maximum atomic E-state index is 9.67. The van der Waals surface area contributed by atoms with Gasteiger partial charge in [0, 0.05) is 30.7 Å². The van der Waals surface area contributed by atoms with Gasteiger partial charge in [0.15, 0.2) is 0 Å². The number of aromatic nitrogens is 1. The number of ether oxygens (including phenoxy) is 1. The van der Waals surface area contributed by atoms with Gasteiger partial charge in [-0.25, -0.2) is 0 Å². The molecule has 0 fully saturated rings. The van der Waals surface area contributed by atoms with E-state index in [0.717, 1.165) is 17.6 Å². The number of nitrogens with one attached hydrogen (secondary N) is 1. The number of hydrogen-bond donors (Lipinski definition) is 2. The Kier molecular flexibility index (Phi) is 6.94. The summed E-state index contributed by atoms with van der Waals surface area (Å²) < 4.78 is 6.17. The van der Waals surface area contributed by atoms with E-state index in [1.54, 1.807) is 0 Å². The third-order valence-corrected chi connectivity index (χ3v) is 5.70. The van der Waals surface area contributed by atoms with Gasteiger partial charge in [0.2, 0.25) is 0 Å². The fraction of sp³-hybridized carbons (Fsp3) is 0.385. The van der Waals surface area contributed by atoms with Crippen molar-refractivity contribution in [3.63, 3.8) is 0 Å². The second-order valence-electron chi connectivity index (χ2n) is 7.91. The van der Waals surface area contributed by atoms with Crippen LogP contribution in [-0.2, 0) is 10.3 Å². The molecule has 1 unspecified atom stereocenters. The highest BCUT2D eigenvalue weighted by Crippen LogP contribution is 2.36. The van der Waals surface area contributed by atoms with Crippen LogP contribution in [0.1, 0.15) is 68.8 Å². The van der Waals surface area contributed by atoms with Crippen molar-refractivity contribution in [2.24, 2.45) is 0 Å². The summed E-state index contributed by atoms with van der Waals surface area (Å²) in [4.78, 5) is 3.64. The minimum Gasteiger partial charge on any atom is -0.396 e. The van der Waals surface area contributed by atoms with Crippen molar-refractivity contribution in [1.82, 2.24) is 4.98 Å². The normalized spacial score (nSPS) is 14.1. The number of rotatable bonds is 9. The second-order valence-corrected chi connectivity index (χ2v) is 7.91. The molecule has 0 aliphatic rings. The Bertz CT molecular complexity index is 948. The third kappa shape index (κ3) is 4.63.